The van der Waals surface area contributed by atoms with E-state index in [2.05, 4.69) is 33.0 Å². The lowest BCUT2D eigenvalue weighted by Crippen LogP contribution is -3.00. The Morgan fingerprint density at radius 2 is 1.70 bits per heavy atom. The Bertz CT molecular complexity index is 129. The molecule has 1 N–H and O–H groups in total. The van der Waals surface area contributed by atoms with Gasteiger partial charge in [0.2, 0.25) is 0 Å². The van der Waals surface area contributed by atoms with E-state index in [1.54, 1.807) is 0 Å². The van der Waals surface area contributed by atoms with Crippen molar-refractivity contribution in [2.24, 2.45) is 0 Å². The van der Waals surface area contributed by atoms with Crippen molar-refractivity contribution in [3.8, 4) is 11.8 Å². The van der Waals surface area contributed by atoms with E-state index in [4.69, 9.17) is 5.11 Å². The summed E-state index contributed by atoms with van der Waals surface area (Å²) in [6.07, 6.45) is 0. The second kappa shape index (κ2) is 5.55. The SMILES string of the molecule is C[N+](C)(C)CC#CCO.[Cl-]. The van der Waals surface area contributed by atoms with Crippen LogP contribution in [0.2, 0.25) is 0 Å². The van der Waals surface area contributed by atoms with Crippen molar-refractivity contribution in [1.29, 1.82) is 0 Å². The van der Waals surface area contributed by atoms with Crippen LogP contribution in [0, 0.1) is 11.8 Å². The van der Waals surface area contributed by atoms with Gasteiger partial charge in [-0.1, -0.05) is 5.92 Å². The average molecular weight is 164 g/mol. The van der Waals surface area contributed by atoms with Crippen molar-refractivity contribution in [3.05, 3.63) is 0 Å². The predicted molar refractivity (Wildman–Crippen MR) is 37.8 cm³/mol. The summed E-state index contributed by atoms with van der Waals surface area (Å²) in [7, 11) is 6.18. The summed E-state index contributed by atoms with van der Waals surface area (Å²) in [5.74, 6) is 5.44. The molecule has 10 heavy (non-hydrogen) atoms. The molecule has 0 aromatic heterocycles. The van der Waals surface area contributed by atoms with Crippen LogP contribution in [0.1, 0.15) is 0 Å². The minimum absolute atomic E-state index is 0. The van der Waals surface area contributed by atoms with Gasteiger partial charge in [0.05, 0.1) is 21.1 Å². The molecule has 0 rings (SSSR count). The van der Waals surface area contributed by atoms with E-state index in [1.165, 1.54) is 0 Å². The normalized spacial score (nSPS) is 9.20. The van der Waals surface area contributed by atoms with Gasteiger partial charge in [-0.2, -0.15) is 0 Å². The summed E-state index contributed by atoms with van der Waals surface area (Å²) < 4.78 is 0.826. The van der Waals surface area contributed by atoms with Gasteiger partial charge in [0, 0.05) is 0 Å². The first kappa shape index (κ1) is 12.4. The molecule has 0 aliphatic carbocycles. The third-order valence-electron chi connectivity index (χ3n) is 0.757. The Hall–Kier alpha value is -0.230. The Labute approximate surface area is 68.8 Å². The molecule has 0 atom stereocenters. The Morgan fingerprint density at radius 3 is 2.00 bits per heavy atom. The maximum Gasteiger partial charge on any atom is 0.140 e. The van der Waals surface area contributed by atoms with Crippen molar-refractivity contribution in [2.45, 2.75) is 0 Å². The molecule has 0 aromatic carbocycles. The second-order valence-electron chi connectivity index (χ2n) is 2.96. The van der Waals surface area contributed by atoms with E-state index >= 15 is 0 Å². The Kier molecular flexibility index (Phi) is 6.90. The Morgan fingerprint density at radius 1 is 1.20 bits per heavy atom. The molecule has 0 fully saturated rings. The van der Waals surface area contributed by atoms with E-state index in [0.29, 0.717) is 0 Å². The largest absolute Gasteiger partial charge is 1.00 e. The van der Waals surface area contributed by atoms with Crippen LogP contribution >= 0.6 is 0 Å². The molecule has 0 aliphatic heterocycles. The van der Waals surface area contributed by atoms with Crippen LogP contribution in [-0.2, 0) is 0 Å². The van der Waals surface area contributed by atoms with Crippen molar-refractivity contribution >= 4 is 0 Å². The molecule has 0 spiro atoms. The summed E-state index contributed by atoms with van der Waals surface area (Å²) in [4.78, 5) is 0. The fourth-order valence-electron chi connectivity index (χ4n) is 0.349. The summed E-state index contributed by atoms with van der Waals surface area (Å²) in [5, 5.41) is 8.28. The molecule has 0 bridgehead atoms. The van der Waals surface area contributed by atoms with Crippen LogP contribution in [0.5, 0.6) is 0 Å². The van der Waals surface area contributed by atoms with Crippen LogP contribution in [0.15, 0.2) is 0 Å². The number of hydrogen-bond donors (Lipinski definition) is 1. The maximum atomic E-state index is 8.28. The first-order valence-corrected chi connectivity index (χ1v) is 2.93. The lowest BCUT2D eigenvalue weighted by molar-refractivity contribution is -0.862. The molecule has 0 aromatic rings. The van der Waals surface area contributed by atoms with Gasteiger partial charge < -0.3 is 22.0 Å². The lowest BCUT2D eigenvalue weighted by atomic mass is 10.5. The molecule has 0 heterocycles. The lowest BCUT2D eigenvalue weighted by Gasteiger charge is -2.19. The highest BCUT2D eigenvalue weighted by atomic mass is 35.5. The van der Waals surface area contributed by atoms with Gasteiger partial charge in [-0.25, -0.2) is 0 Å². The number of halogens is 1. The monoisotopic (exact) mass is 163 g/mol. The number of rotatable bonds is 1. The highest BCUT2D eigenvalue weighted by Gasteiger charge is 2.00. The zero-order chi connectivity index (χ0) is 7.33. The molecule has 3 heteroatoms. The van der Waals surface area contributed by atoms with Gasteiger partial charge >= 0.3 is 0 Å². The van der Waals surface area contributed by atoms with Crippen LogP contribution in [0.4, 0.5) is 0 Å². The zero-order valence-electron chi connectivity index (χ0n) is 6.69. The number of hydrogen-bond acceptors (Lipinski definition) is 1. The van der Waals surface area contributed by atoms with Crippen molar-refractivity contribution in [2.75, 3.05) is 34.3 Å². The topological polar surface area (TPSA) is 20.2 Å². The van der Waals surface area contributed by atoms with Gasteiger partial charge in [0.1, 0.15) is 13.2 Å². The number of quaternary nitrogens is 1. The quantitative estimate of drug-likeness (QED) is 0.317. The van der Waals surface area contributed by atoms with E-state index in [-0.39, 0.29) is 19.0 Å². The predicted octanol–water partition coefficient (Wildman–Crippen LogP) is -3.31. The van der Waals surface area contributed by atoms with Crippen LogP contribution in [0.3, 0.4) is 0 Å². The van der Waals surface area contributed by atoms with Gasteiger partial charge in [0.25, 0.3) is 0 Å². The first-order chi connectivity index (χ1) is 4.06. The highest BCUT2D eigenvalue weighted by Crippen LogP contribution is 1.84. The van der Waals surface area contributed by atoms with Crippen LogP contribution in [-0.4, -0.2) is 43.9 Å². The minimum Gasteiger partial charge on any atom is -1.00 e. The van der Waals surface area contributed by atoms with Gasteiger partial charge in [-0.15, -0.1) is 0 Å². The third kappa shape index (κ3) is 10.7. The first-order valence-electron chi connectivity index (χ1n) is 2.93. The van der Waals surface area contributed by atoms with Gasteiger partial charge in [0.15, 0.2) is 0 Å². The fraction of sp³-hybridized carbons (Fsp3) is 0.714. The van der Waals surface area contributed by atoms with Gasteiger partial charge in [-0.3, -0.25) is 0 Å². The van der Waals surface area contributed by atoms with E-state index < -0.39 is 0 Å². The van der Waals surface area contributed by atoms with Crippen molar-refractivity contribution in [1.82, 2.24) is 0 Å². The van der Waals surface area contributed by atoms with Crippen molar-refractivity contribution < 1.29 is 22.0 Å². The molecule has 0 saturated heterocycles. The molecule has 60 valence electrons. The zero-order valence-corrected chi connectivity index (χ0v) is 7.44. The average Bonchev–Trinajstić information content (AvgIpc) is 1.63. The molecule has 0 aliphatic rings. The number of aliphatic hydroxyl groups excluding tert-OH is 1. The van der Waals surface area contributed by atoms with Crippen LogP contribution < -0.4 is 12.4 Å². The third-order valence-corrected chi connectivity index (χ3v) is 0.757. The molecule has 0 radical (unpaired) electrons. The second-order valence-corrected chi connectivity index (χ2v) is 2.96. The molecular formula is C7H14ClNO. The number of nitrogens with zero attached hydrogens (tertiary/aromatic N) is 1. The fourth-order valence-corrected chi connectivity index (χ4v) is 0.349. The Balaban J connectivity index is 0. The molecule has 0 amide bonds. The maximum absolute atomic E-state index is 8.28. The summed E-state index contributed by atoms with van der Waals surface area (Å²) in [6.45, 7) is 0.764. The smallest absolute Gasteiger partial charge is 0.140 e. The van der Waals surface area contributed by atoms with E-state index in [0.717, 1.165) is 11.0 Å². The summed E-state index contributed by atoms with van der Waals surface area (Å²) >= 11 is 0. The standard InChI is InChI=1S/C7H14NO.ClH/c1-8(2,3)6-4-5-7-9;/h9H,6-7H2,1-3H3;1H/q+1;/p-1. The molecular weight excluding hydrogens is 150 g/mol. The van der Waals surface area contributed by atoms with Crippen LogP contribution in [0.25, 0.3) is 0 Å². The number of aliphatic hydroxyl groups is 1. The minimum atomic E-state index is -0.0278. The molecule has 2 nitrogen and oxygen atoms in total. The molecule has 0 saturated carbocycles. The summed E-state index contributed by atoms with van der Waals surface area (Å²) in [6, 6.07) is 0. The highest BCUT2D eigenvalue weighted by molar-refractivity contribution is 4.98. The van der Waals surface area contributed by atoms with E-state index in [1.807, 2.05) is 0 Å². The van der Waals surface area contributed by atoms with Gasteiger partial charge in [-0.05, 0) is 5.92 Å². The summed E-state index contributed by atoms with van der Waals surface area (Å²) in [5.41, 5.74) is 0. The van der Waals surface area contributed by atoms with Crippen molar-refractivity contribution in [3.63, 3.8) is 0 Å². The van der Waals surface area contributed by atoms with E-state index in [9.17, 15) is 0 Å². The molecule has 0 unspecified atom stereocenters.